The van der Waals surface area contributed by atoms with Crippen LogP contribution in [0.2, 0.25) is 10.0 Å². The van der Waals surface area contributed by atoms with Gasteiger partial charge in [0.15, 0.2) is 0 Å². The molecule has 0 atom stereocenters. The van der Waals surface area contributed by atoms with Crippen molar-refractivity contribution in [1.29, 1.82) is 0 Å². The average molecular weight is 551 g/mol. The Morgan fingerprint density at radius 3 is 2.47 bits per heavy atom. The maximum absolute atomic E-state index is 12.9. The number of nitrogens with zero attached hydrogens (tertiary/aromatic N) is 2. The van der Waals surface area contributed by atoms with Gasteiger partial charge in [-0.25, -0.2) is 0 Å². The van der Waals surface area contributed by atoms with E-state index in [9.17, 15) is 14.4 Å². The summed E-state index contributed by atoms with van der Waals surface area (Å²) >= 11 is 13.1. The second kappa shape index (κ2) is 12.5. The summed E-state index contributed by atoms with van der Waals surface area (Å²) in [7, 11) is 0. The van der Waals surface area contributed by atoms with Crippen LogP contribution in [-0.4, -0.2) is 47.8 Å². The Balaban J connectivity index is 1.90. The fourth-order valence-electron chi connectivity index (χ4n) is 3.55. The highest BCUT2D eigenvalue weighted by Crippen LogP contribution is 2.36. The van der Waals surface area contributed by atoms with Gasteiger partial charge in [-0.15, -0.1) is 0 Å². The molecule has 2 aromatic carbocycles. The highest BCUT2D eigenvalue weighted by molar-refractivity contribution is 8.18. The van der Waals surface area contributed by atoms with E-state index in [-0.39, 0.29) is 17.6 Å². The van der Waals surface area contributed by atoms with Crippen molar-refractivity contribution in [1.82, 2.24) is 4.90 Å². The third-order valence-electron chi connectivity index (χ3n) is 5.34. The molecule has 0 N–H and O–H groups in total. The van der Waals surface area contributed by atoms with Crippen LogP contribution in [0.4, 0.5) is 10.5 Å². The van der Waals surface area contributed by atoms with Crippen molar-refractivity contribution in [3.05, 3.63) is 62.5 Å². The molecule has 3 rings (SSSR count). The van der Waals surface area contributed by atoms with E-state index in [1.807, 2.05) is 18.2 Å². The molecule has 10 heteroatoms. The summed E-state index contributed by atoms with van der Waals surface area (Å²) < 4.78 is 11.2. The highest BCUT2D eigenvalue weighted by Gasteiger charge is 2.37. The Morgan fingerprint density at radius 1 is 1.11 bits per heavy atom. The summed E-state index contributed by atoms with van der Waals surface area (Å²) in [5.74, 6) is -0.664. The third kappa shape index (κ3) is 6.96. The van der Waals surface area contributed by atoms with E-state index in [1.54, 1.807) is 38.1 Å². The van der Waals surface area contributed by atoms with Crippen LogP contribution in [0.5, 0.6) is 5.75 Å². The first-order valence-corrected chi connectivity index (χ1v) is 13.1. The van der Waals surface area contributed by atoms with Crippen molar-refractivity contribution >= 4 is 63.8 Å². The van der Waals surface area contributed by atoms with Gasteiger partial charge in [0.1, 0.15) is 18.9 Å². The molecule has 7 nitrogen and oxygen atoms in total. The molecule has 1 aliphatic heterocycles. The molecule has 1 saturated heterocycles. The number of hydrogen-bond donors (Lipinski definition) is 0. The van der Waals surface area contributed by atoms with Crippen molar-refractivity contribution in [3.8, 4) is 5.75 Å². The molecule has 36 heavy (non-hydrogen) atoms. The molecule has 0 aromatic heterocycles. The SMILES string of the molecule is CCN(CC)c1ccc(/C=C2\SC(=O)N(CC(=O)OC(C)C)C2=O)c(OCc2ccc(Cl)cc2Cl)c1. The quantitative estimate of drug-likeness (QED) is 0.250. The van der Waals surface area contributed by atoms with Gasteiger partial charge in [-0.05, 0) is 69.8 Å². The fourth-order valence-corrected chi connectivity index (χ4v) is 4.85. The summed E-state index contributed by atoms with van der Waals surface area (Å²) in [5, 5.41) is 0.487. The average Bonchev–Trinajstić information content (AvgIpc) is 3.07. The van der Waals surface area contributed by atoms with E-state index >= 15 is 0 Å². The van der Waals surface area contributed by atoms with E-state index in [0.717, 1.165) is 41.0 Å². The Kier molecular flexibility index (Phi) is 9.70. The lowest BCUT2D eigenvalue weighted by Gasteiger charge is -2.22. The van der Waals surface area contributed by atoms with Crippen molar-refractivity contribution in [2.24, 2.45) is 0 Å². The lowest BCUT2D eigenvalue weighted by Crippen LogP contribution is -2.35. The molecule has 0 saturated carbocycles. The number of imide groups is 1. The van der Waals surface area contributed by atoms with Crippen molar-refractivity contribution in [3.63, 3.8) is 0 Å². The number of amides is 2. The molecule has 192 valence electrons. The molecule has 1 fully saturated rings. The van der Waals surface area contributed by atoms with Gasteiger partial charge in [0.25, 0.3) is 11.1 Å². The Morgan fingerprint density at radius 2 is 1.83 bits per heavy atom. The molecular formula is C26H28Cl2N2O5S. The van der Waals surface area contributed by atoms with E-state index in [4.69, 9.17) is 32.7 Å². The molecule has 1 heterocycles. The second-order valence-corrected chi connectivity index (χ2v) is 10.1. The van der Waals surface area contributed by atoms with Crippen LogP contribution in [0.3, 0.4) is 0 Å². The minimum Gasteiger partial charge on any atom is -0.488 e. The first-order valence-electron chi connectivity index (χ1n) is 11.5. The number of rotatable bonds is 10. The number of halogens is 2. The van der Waals surface area contributed by atoms with Crippen LogP contribution in [-0.2, 0) is 20.9 Å². The molecule has 0 aliphatic carbocycles. The van der Waals surface area contributed by atoms with Crippen molar-refractivity contribution in [2.75, 3.05) is 24.5 Å². The molecule has 2 amide bonds. The zero-order valence-electron chi connectivity index (χ0n) is 20.5. The lowest BCUT2D eigenvalue weighted by atomic mass is 10.1. The Labute approximate surface area is 225 Å². The number of thioether (sulfide) groups is 1. The maximum atomic E-state index is 12.9. The zero-order valence-corrected chi connectivity index (χ0v) is 22.9. The molecule has 2 aromatic rings. The highest BCUT2D eigenvalue weighted by atomic mass is 35.5. The van der Waals surface area contributed by atoms with Gasteiger partial charge < -0.3 is 14.4 Å². The van der Waals surface area contributed by atoms with Crippen LogP contribution in [0.15, 0.2) is 41.3 Å². The summed E-state index contributed by atoms with van der Waals surface area (Å²) in [6.45, 7) is 8.89. The first kappa shape index (κ1) is 27.9. The molecule has 0 unspecified atom stereocenters. The van der Waals surface area contributed by atoms with E-state index in [0.29, 0.717) is 21.4 Å². The number of carbonyl (C=O) groups is 3. The lowest BCUT2D eigenvalue weighted by molar-refractivity contribution is -0.149. The maximum Gasteiger partial charge on any atom is 0.326 e. The van der Waals surface area contributed by atoms with Crippen molar-refractivity contribution in [2.45, 2.75) is 40.4 Å². The van der Waals surface area contributed by atoms with Crippen LogP contribution in [0.25, 0.3) is 6.08 Å². The number of carbonyl (C=O) groups excluding carboxylic acids is 3. The molecule has 0 radical (unpaired) electrons. The summed E-state index contributed by atoms with van der Waals surface area (Å²) in [4.78, 5) is 40.6. The van der Waals surface area contributed by atoms with E-state index < -0.39 is 23.7 Å². The van der Waals surface area contributed by atoms with Gasteiger partial charge in [-0.3, -0.25) is 19.3 Å². The topological polar surface area (TPSA) is 76.2 Å². The van der Waals surface area contributed by atoms with E-state index in [1.165, 1.54) is 0 Å². The minimum atomic E-state index is -0.638. The Bertz CT molecular complexity index is 1180. The van der Waals surface area contributed by atoms with Gasteiger partial charge in [0, 0.05) is 46.0 Å². The molecule has 0 bridgehead atoms. The number of esters is 1. The van der Waals surface area contributed by atoms with Gasteiger partial charge in [-0.1, -0.05) is 29.3 Å². The standard InChI is InChI=1S/C26H28Cl2N2O5S/c1-5-29(6-2)20-10-8-17(22(13-20)34-15-18-7-9-19(27)12-21(18)28)11-23-25(32)30(26(33)36-23)14-24(31)35-16(3)4/h7-13,16H,5-6,14-15H2,1-4H3/b23-11-. The van der Waals surface area contributed by atoms with Crippen molar-refractivity contribution < 1.29 is 23.9 Å². The fraction of sp³-hybridized carbons (Fsp3) is 0.346. The van der Waals surface area contributed by atoms with Crippen LogP contribution < -0.4 is 9.64 Å². The monoisotopic (exact) mass is 550 g/mol. The smallest absolute Gasteiger partial charge is 0.326 e. The normalized spacial score (nSPS) is 14.6. The van der Waals surface area contributed by atoms with Crippen LogP contribution in [0.1, 0.15) is 38.8 Å². The summed E-state index contributed by atoms with van der Waals surface area (Å²) in [6.07, 6.45) is 1.26. The van der Waals surface area contributed by atoms with Gasteiger partial charge in [-0.2, -0.15) is 0 Å². The predicted molar refractivity (Wildman–Crippen MR) is 145 cm³/mol. The summed E-state index contributed by atoms with van der Waals surface area (Å²) in [6, 6.07) is 10.8. The van der Waals surface area contributed by atoms with Gasteiger partial charge >= 0.3 is 5.97 Å². The number of benzene rings is 2. The zero-order chi connectivity index (χ0) is 26.4. The van der Waals surface area contributed by atoms with Gasteiger partial charge in [0.2, 0.25) is 0 Å². The second-order valence-electron chi connectivity index (χ2n) is 8.23. The summed E-state index contributed by atoms with van der Waals surface area (Å²) in [5.41, 5.74) is 2.33. The minimum absolute atomic E-state index is 0.182. The largest absolute Gasteiger partial charge is 0.488 e. The molecular weight excluding hydrogens is 523 g/mol. The van der Waals surface area contributed by atoms with E-state index in [2.05, 4.69) is 18.7 Å². The molecule has 1 aliphatic rings. The third-order valence-corrected chi connectivity index (χ3v) is 6.83. The predicted octanol–water partition coefficient (Wildman–Crippen LogP) is 6.41. The Hall–Kier alpha value is -2.68. The van der Waals surface area contributed by atoms with Gasteiger partial charge in [0.05, 0.1) is 11.0 Å². The first-order chi connectivity index (χ1) is 17.1. The number of anilines is 1. The molecule has 0 spiro atoms. The number of hydrogen-bond acceptors (Lipinski definition) is 7. The number of ether oxygens (including phenoxy) is 2. The van der Waals surface area contributed by atoms with Crippen LogP contribution >= 0.6 is 35.0 Å². The van der Waals surface area contributed by atoms with Crippen LogP contribution in [0, 0.1) is 0 Å².